The summed E-state index contributed by atoms with van der Waals surface area (Å²) in [7, 11) is 0. The lowest BCUT2D eigenvalue weighted by Crippen LogP contribution is -2.24. The van der Waals surface area contributed by atoms with Gasteiger partial charge in [-0.2, -0.15) is 0 Å². The second kappa shape index (κ2) is 12.0. The highest BCUT2D eigenvalue weighted by atomic mass is 16.8. The highest BCUT2D eigenvalue weighted by molar-refractivity contribution is 5.62. The number of aldehydes is 1. The van der Waals surface area contributed by atoms with Gasteiger partial charge in [-0.1, -0.05) is 12.1 Å². The summed E-state index contributed by atoms with van der Waals surface area (Å²) in [5.74, 6) is 0.698. The van der Waals surface area contributed by atoms with E-state index in [1.807, 2.05) is 0 Å². The average molecular weight is 416 g/mol. The summed E-state index contributed by atoms with van der Waals surface area (Å²) in [5.41, 5.74) is 12.2. The van der Waals surface area contributed by atoms with Gasteiger partial charge < -0.3 is 35.8 Å². The fraction of sp³-hybridized carbons (Fsp3) is 0.316. The van der Waals surface area contributed by atoms with Crippen molar-refractivity contribution in [2.75, 3.05) is 37.5 Å². The number of pyridine rings is 1. The van der Waals surface area contributed by atoms with Gasteiger partial charge in [0.05, 0.1) is 6.61 Å². The highest BCUT2D eigenvalue weighted by Gasteiger charge is 2.08. The summed E-state index contributed by atoms with van der Waals surface area (Å²) in [4.78, 5) is 26.2. The smallest absolute Gasteiger partial charge is 0.455 e. The van der Waals surface area contributed by atoms with Crippen LogP contribution in [-0.4, -0.2) is 43.9 Å². The van der Waals surface area contributed by atoms with Crippen molar-refractivity contribution >= 4 is 35.5 Å². The summed E-state index contributed by atoms with van der Waals surface area (Å²) in [5, 5.41) is 11.2. The topological polar surface area (TPSA) is 164 Å². The molecule has 160 valence electrons. The van der Waals surface area contributed by atoms with Crippen molar-refractivity contribution in [3.05, 3.63) is 36.4 Å². The van der Waals surface area contributed by atoms with Crippen molar-refractivity contribution in [2.45, 2.75) is 6.92 Å². The van der Waals surface area contributed by atoms with Gasteiger partial charge in [-0.05, 0) is 31.2 Å². The van der Waals surface area contributed by atoms with E-state index in [4.69, 9.17) is 20.9 Å². The number of nitrogens with one attached hydrogen (secondary N) is 1. The maximum Gasteiger partial charge on any atom is 0.511 e. The summed E-state index contributed by atoms with van der Waals surface area (Å²) in [6.07, 6.45) is -0.0361. The molecule has 5 N–H and O–H groups in total. The minimum absolute atomic E-state index is 0.156. The van der Waals surface area contributed by atoms with Gasteiger partial charge in [0, 0.05) is 19.0 Å². The molecule has 0 aliphatic carbocycles. The number of carbonyl (C=O) groups is 2. The van der Waals surface area contributed by atoms with Gasteiger partial charge in [0.2, 0.25) is 6.79 Å². The van der Waals surface area contributed by atoms with Crippen LogP contribution in [0.1, 0.15) is 6.92 Å². The minimum Gasteiger partial charge on any atom is -0.455 e. The molecular formula is C19H24N6O5. The Balaban J connectivity index is 2.01. The van der Waals surface area contributed by atoms with Crippen LogP contribution in [-0.2, 0) is 14.3 Å². The standard InChI is InChI=1S/C19H24N6O5/c1-2-28-19(27)30-12-29-16-6-4-3-5-14(16)24-25-15-7-8-17(23-18(15)21)22-10-13(9-20)11-26/h3-8,11,13H,2,9-10,12,20H2,1H3,(H3,21,22,23). The third-order valence-corrected chi connectivity index (χ3v) is 3.73. The summed E-state index contributed by atoms with van der Waals surface area (Å²) >= 11 is 0. The molecule has 0 spiro atoms. The second-order valence-electron chi connectivity index (χ2n) is 5.87. The molecule has 0 bridgehead atoms. The van der Waals surface area contributed by atoms with Crippen molar-refractivity contribution in [3.63, 3.8) is 0 Å². The minimum atomic E-state index is -0.824. The van der Waals surface area contributed by atoms with Crippen LogP contribution in [0.5, 0.6) is 5.75 Å². The van der Waals surface area contributed by atoms with Crippen LogP contribution in [0.2, 0.25) is 0 Å². The SMILES string of the molecule is CCOC(=O)OCOc1ccccc1N=Nc1ccc(NCC(C=O)CN)nc1N. The Hall–Kier alpha value is -3.73. The Kier molecular flexibility index (Phi) is 9.00. The molecule has 30 heavy (non-hydrogen) atoms. The Morgan fingerprint density at radius 2 is 1.97 bits per heavy atom. The molecule has 11 heteroatoms. The second-order valence-corrected chi connectivity index (χ2v) is 5.87. The summed E-state index contributed by atoms with van der Waals surface area (Å²) < 4.78 is 14.8. The number of carbonyl (C=O) groups excluding carboxylic acids is 2. The van der Waals surface area contributed by atoms with E-state index in [1.165, 1.54) is 0 Å². The molecule has 2 aromatic rings. The number of aromatic nitrogens is 1. The van der Waals surface area contributed by atoms with Gasteiger partial charge in [0.25, 0.3) is 0 Å². The van der Waals surface area contributed by atoms with Crippen molar-refractivity contribution in [3.8, 4) is 5.75 Å². The van der Waals surface area contributed by atoms with E-state index in [9.17, 15) is 9.59 Å². The Morgan fingerprint density at radius 3 is 2.67 bits per heavy atom. The van der Waals surface area contributed by atoms with Crippen LogP contribution in [0.3, 0.4) is 0 Å². The van der Waals surface area contributed by atoms with Crippen molar-refractivity contribution in [2.24, 2.45) is 21.9 Å². The molecule has 0 amide bonds. The Bertz CT molecular complexity index is 876. The molecule has 11 nitrogen and oxygen atoms in total. The number of nitrogens with two attached hydrogens (primary N) is 2. The zero-order valence-corrected chi connectivity index (χ0v) is 16.5. The van der Waals surface area contributed by atoms with Crippen LogP contribution < -0.4 is 21.5 Å². The number of azo groups is 1. The fourth-order valence-electron chi connectivity index (χ4n) is 2.14. The first kappa shape index (κ1) is 22.6. The number of benzene rings is 1. The quantitative estimate of drug-likeness (QED) is 0.216. The number of nitrogens with zero attached hydrogens (tertiary/aromatic N) is 3. The van der Waals surface area contributed by atoms with Crippen molar-refractivity contribution < 1.29 is 23.8 Å². The number of hydrogen-bond acceptors (Lipinski definition) is 11. The normalized spacial score (nSPS) is 11.7. The van der Waals surface area contributed by atoms with Gasteiger partial charge in [-0.25, -0.2) is 9.78 Å². The maximum absolute atomic E-state index is 11.2. The van der Waals surface area contributed by atoms with E-state index >= 15 is 0 Å². The lowest BCUT2D eigenvalue weighted by molar-refractivity contribution is -0.110. The lowest BCUT2D eigenvalue weighted by atomic mass is 10.2. The van der Waals surface area contributed by atoms with Gasteiger partial charge in [-0.3, -0.25) is 0 Å². The molecule has 0 saturated heterocycles. The molecule has 1 unspecified atom stereocenters. The van der Waals surface area contributed by atoms with E-state index < -0.39 is 6.16 Å². The number of nitrogen functional groups attached to an aromatic ring is 1. The number of para-hydroxylation sites is 1. The van der Waals surface area contributed by atoms with Crippen LogP contribution in [0.15, 0.2) is 46.6 Å². The monoisotopic (exact) mass is 416 g/mol. The maximum atomic E-state index is 11.2. The highest BCUT2D eigenvalue weighted by Crippen LogP contribution is 2.30. The van der Waals surface area contributed by atoms with Gasteiger partial charge in [0.15, 0.2) is 11.6 Å². The molecule has 0 aliphatic rings. The van der Waals surface area contributed by atoms with Gasteiger partial charge in [-0.15, -0.1) is 10.2 Å². The average Bonchev–Trinajstić information content (AvgIpc) is 2.75. The molecule has 0 radical (unpaired) electrons. The number of hydrogen-bond donors (Lipinski definition) is 3. The van der Waals surface area contributed by atoms with Crippen LogP contribution in [0.25, 0.3) is 0 Å². The molecule has 0 fully saturated rings. The lowest BCUT2D eigenvalue weighted by Gasteiger charge is -2.10. The number of rotatable bonds is 11. The van der Waals surface area contributed by atoms with Crippen molar-refractivity contribution in [1.82, 2.24) is 4.98 Å². The molecule has 1 atom stereocenters. The number of anilines is 2. The summed E-state index contributed by atoms with van der Waals surface area (Å²) in [6.45, 7) is 2.14. The largest absolute Gasteiger partial charge is 0.511 e. The summed E-state index contributed by atoms with van der Waals surface area (Å²) in [6, 6.07) is 10.1. The van der Waals surface area contributed by atoms with Gasteiger partial charge in [0.1, 0.15) is 23.5 Å². The molecular weight excluding hydrogens is 392 g/mol. The van der Waals surface area contributed by atoms with Gasteiger partial charge >= 0.3 is 6.16 Å². The van der Waals surface area contributed by atoms with E-state index in [-0.39, 0.29) is 31.7 Å². The predicted octanol–water partition coefficient (Wildman–Crippen LogP) is 2.77. The Labute approximate surface area is 173 Å². The molecule has 1 aromatic carbocycles. The van der Waals surface area contributed by atoms with Crippen LogP contribution in [0, 0.1) is 5.92 Å². The molecule has 2 rings (SSSR count). The molecule has 1 aromatic heterocycles. The first-order valence-corrected chi connectivity index (χ1v) is 9.16. The van der Waals surface area contributed by atoms with Crippen LogP contribution >= 0.6 is 0 Å². The van der Waals surface area contributed by atoms with Crippen LogP contribution in [0.4, 0.5) is 27.8 Å². The molecule has 0 aliphatic heterocycles. The van der Waals surface area contributed by atoms with E-state index in [0.717, 1.165) is 6.29 Å². The van der Waals surface area contributed by atoms with E-state index in [2.05, 4.69) is 25.3 Å². The van der Waals surface area contributed by atoms with E-state index in [1.54, 1.807) is 43.3 Å². The first-order chi connectivity index (χ1) is 14.6. The zero-order chi connectivity index (χ0) is 21.8. The predicted molar refractivity (Wildman–Crippen MR) is 110 cm³/mol. The van der Waals surface area contributed by atoms with Crippen molar-refractivity contribution in [1.29, 1.82) is 0 Å². The third kappa shape index (κ3) is 7.02. The zero-order valence-electron chi connectivity index (χ0n) is 16.5. The molecule has 1 heterocycles. The fourth-order valence-corrected chi connectivity index (χ4v) is 2.14. The number of ether oxygens (including phenoxy) is 3. The van der Waals surface area contributed by atoms with E-state index in [0.29, 0.717) is 29.5 Å². The first-order valence-electron chi connectivity index (χ1n) is 9.16. The Morgan fingerprint density at radius 1 is 1.20 bits per heavy atom. The third-order valence-electron chi connectivity index (χ3n) is 3.73. The molecule has 0 saturated carbocycles.